The second-order valence-electron chi connectivity index (χ2n) is 5.93. The van der Waals surface area contributed by atoms with Crippen molar-refractivity contribution in [2.45, 2.75) is 13.8 Å². The summed E-state index contributed by atoms with van der Waals surface area (Å²) in [6, 6.07) is 12.7. The van der Waals surface area contributed by atoms with Crippen LogP contribution in [0.1, 0.15) is 34.6 Å². The van der Waals surface area contributed by atoms with E-state index in [2.05, 4.69) is 5.32 Å². The van der Waals surface area contributed by atoms with Crippen LogP contribution in [0, 0.1) is 0 Å². The molecule has 0 bridgehead atoms. The van der Waals surface area contributed by atoms with E-state index in [1.807, 2.05) is 0 Å². The summed E-state index contributed by atoms with van der Waals surface area (Å²) >= 11 is 0. The minimum Gasteiger partial charge on any atom is -0.465 e. The van der Waals surface area contributed by atoms with Crippen molar-refractivity contribution in [3.05, 3.63) is 59.7 Å². The Hall–Kier alpha value is -3.68. The van der Waals surface area contributed by atoms with Crippen LogP contribution in [-0.2, 0) is 19.1 Å². The topological polar surface area (TPSA) is 102 Å². The maximum atomic E-state index is 12.6. The monoisotopic (exact) mass is 398 g/mol. The molecule has 2 rings (SSSR count). The molecular formula is C21H22N2O6. The molecule has 0 heterocycles. The van der Waals surface area contributed by atoms with Gasteiger partial charge in [0.05, 0.1) is 36.2 Å². The molecule has 152 valence electrons. The molecule has 1 N–H and O–H groups in total. The summed E-state index contributed by atoms with van der Waals surface area (Å²) in [7, 11) is 1.24. The number of amides is 2. The van der Waals surface area contributed by atoms with Gasteiger partial charge in [0.15, 0.2) is 0 Å². The van der Waals surface area contributed by atoms with Crippen LogP contribution in [-0.4, -0.2) is 44.0 Å². The van der Waals surface area contributed by atoms with Crippen molar-refractivity contribution in [2.75, 3.05) is 30.5 Å². The first-order valence-electron chi connectivity index (χ1n) is 8.90. The van der Waals surface area contributed by atoms with Crippen molar-refractivity contribution in [1.29, 1.82) is 0 Å². The number of carbonyl (C=O) groups excluding carboxylic acids is 4. The van der Waals surface area contributed by atoms with Gasteiger partial charge < -0.3 is 19.7 Å². The molecule has 8 heteroatoms. The van der Waals surface area contributed by atoms with E-state index in [-0.39, 0.29) is 35.7 Å². The second-order valence-corrected chi connectivity index (χ2v) is 5.93. The maximum Gasteiger partial charge on any atom is 0.340 e. The lowest BCUT2D eigenvalue weighted by molar-refractivity contribution is -0.120. The Morgan fingerprint density at radius 3 is 2.17 bits per heavy atom. The molecule has 2 aromatic rings. The van der Waals surface area contributed by atoms with Crippen LogP contribution in [0.4, 0.5) is 11.4 Å². The van der Waals surface area contributed by atoms with E-state index < -0.39 is 23.8 Å². The quantitative estimate of drug-likeness (QED) is 0.720. The average molecular weight is 398 g/mol. The molecule has 2 aromatic carbocycles. The van der Waals surface area contributed by atoms with Crippen LogP contribution >= 0.6 is 0 Å². The van der Waals surface area contributed by atoms with E-state index in [1.165, 1.54) is 31.1 Å². The molecule has 0 spiro atoms. The molecule has 0 saturated carbocycles. The third kappa shape index (κ3) is 5.41. The minimum absolute atomic E-state index is 0.173. The van der Waals surface area contributed by atoms with Crippen molar-refractivity contribution in [3.63, 3.8) is 0 Å². The summed E-state index contributed by atoms with van der Waals surface area (Å²) in [6.45, 7) is 2.78. The third-order valence-electron chi connectivity index (χ3n) is 3.98. The zero-order chi connectivity index (χ0) is 21.4. The Morgan fingerprint density at radius 2 is 1.55 bits per heavy atom. The number of para-hydroxylation sites is 2. The van der Waals surface area contributed by atoms with Crippen molar-refractivity contribution < 1.29 is 28.7 Å². The molecule has 0 aliphatic carbocycles. The predicted octanol–water partition coefficient (Wildman–Crippen LogP) is 2.64. The van der Waals surface area contributed by atoms with Gasteiger partial charge in [0, 0.05) is 6.92 Å². The van der Waals surface area contributed by atoms with Crippen molar-refractivity contribution in [3.8, 4) is 0 Å². The molecule has 29 heavy (non-hydrogen) atoms. The normalized spacial score (nSPS) is 10.0. The van der Waals surface area contributed by atoms with Gasteiger partial charge >= 0.3 is 11.9 Å². The number of hydrogen-bond acceptors (Lipinski definition) is 6. The maximum absolute atomic E-state index is 12.6. The number of carbonyl (C=O) groups is 4. The zero-order valence-corrected chi connectivity index (χ0v) is 16.4. The molecule has 0 aliphatic rings. The third-order valence-corrected chi connectivity index (χ3v) is 3.98. The molecule has 8 nitrogen and oxygen atoms in total. The lowest BCUT2D eigenvalue weighted by Gasteiger charge is -2.23. The number of rotatable bonds is 7. The van der Waals surface area contributed by atoms with Crippen LogP contribution in [0.15, 0.2) is 48.5 Å². The number of benzene rings is 2. The summed E-state index contributed by atoms with van der Waals surface area (Å²) in [5, 5.41) is 2.60. The van der Waals surface area contributed by atoms with E-state index in [1.54, 1.807) is 43.3 Å². The van der Waals surface area contributed by atoms with Gasteiger partial charge in [-0.3, -0.25) is 9.59 Å². The molecule has 0 aromatic heterocycles. The highest BCUT2D eigenvalue weighted by Crippen LogP contribution is 2.22. The fourth-order valence-electron chi connectivity index (χ4n) is 2.67. The number of esters is 2. The molecule has 0 fully saturated rings. The van der Waals surface area contributed by atoms with Gasteiger partial charge in [-0.05, 0) is 31.2 Å². The summed E-state index contributed by atoms with van der Waals surface area (Å²) in [5.74, 6) is -2.17. The van der Waals surface area contributed by atoms with E-state index in [0.29, 0.717) is 0 Å². The first-order valence-corrected chi connectivity index (χ1v) is 8.90. The molecule has 0 unspecified atom stereocenters. The van der Waals surface area contributed by atoms with E-state index >= 15 is 0 Å². The van der Waals surface area contributed by atoms with Gasteiger partial charge in [0.25, 0.3) is 0 Å². The fourth-order valence-corrected chi connectivity index (χ4v) is 2.67. The Bertz CT molecular complexity index is 925. The number of nitrogens with one attached hydrogen (secondary N) is 1. The number of ether oxygens (including phenoxy) is 2. The number of hydrogen-bond donors (Lipinski definition) is 1. The molecule has 0 aliphatic heterocycles. The van der Waals surface area contributed by atoms with Crippen LogP contribution < -0.4 is 10.2 Å². The van der Waals surface area contributed by atoms with Gasteiger partial charge in [-0.2, -0.15) is 0 Å². The second kappa shape index (κ2) is 10.0. The smallest absolute Gasteiger partial charge is 0.340 e. The van der Waals surface area contributed by atoms with Gasteiger partial charge in [-0.15, -0.1) is 0 Å². The first-order chi connectivity index (χ1) is 13.9. The number of nitrogens with zero attached hydrogens (tertiary/aromatic N) is 1. The molecular weight excluding hydrogens is 376 g/mol. The van der Waals surface area contributed by atoms with Crippen LogP contribution in [0.25, 0.3) is 0 Å². The Morgan fingerprint density at radius 1 is 0.931 bits per heavy atom. The highest BCUT2D eigenvalue weighted by molar-refractivity contribution is 6.07. The highest BCUT2D eigenvalue weighted by atomic mass is 16.5. The lowest BCUT2D eigenvalue weighted by atomic mass is 10.1. The standard InChI is InChI=1S/C21H22N2O6/c1-4-29-21(27)16-10-6-8-12-18(16)23(14(2)24)13-19(25)22-17-11-7-5-9-15(17)20(26)28-3/h5-12H,4,13H2,1-3H3,(H,22,25). The van der Waals surface area contributed by atoms with Gasteiger partial charge in [0.1, 0.15) is 6.54 Å². The van der Waals surface area contributed by atoms with Crippen molar-refractivity contribution >= 4 is 35.1 Å². The Labute approximate surface area is 168 Å². The average Bonchev–Trinajstić information content (AvgIpc) is 2.72. The van der Waals surface area contributed by atoms with Gasteiger partial charge in [-0.25, -0.2) is 9.59 Å². The molecule has 2 amide bonds. The predicted molar refractivity (Wildman–Crippen MR) is 107 cm³/mol. The zero-order valence-electron chi connectivity index (χ0n) is 16.4. The lowest BCUT2D eigenvalue weighted by Crippen LogP contribution is -2.37. The summed E-state index contributed by atoms with van der Waals surface area (Å²) in [4.78, 5) is 50.0. The van der Waals surface area contributed by atoms with Crippen LogP contribution in [0.5, 0.6) is 0 Å². The molecule has 0 saturated heterocycles. The number of anilines is 2. The number of methoxy groups -OCH3 is 1. The molecule has 0 radical (unpaired) electrons. The largest absolute Gasteiger partial charge is 0.465 e. The van der Waals surface area contributed by atoms with E-state index in [9.17, 15) is 19.2 Å². The van der Waals surface area contributed by atoms with Crippen molar-refractivity contribution in [2.24, 2.45) is 0 Å². The van der Waals surface area contributed by atoms with Crippen molar-refractivity contribution in [1.82, 2.24) is 0 Å². The Kier molecular flexibility index (Phi) is 7.47. The van der Waals surface area contributed by atoms with Gasteiger partial charge in [0.2, 0.25) is 11.8 Å². The highest BCUT2D eigenvalue weighted by Gasteiger charge is 2.23. The Balaban J connectivity index is 2.27. The van der Waals surface area contributed by atoms with Crippen LogP contribution in [0.2, 0.25) is 0 Å². The fraction of sp³-hybridized carbons (Fsp3) is 0.238. The van der Waals surface area contributed by atoms with E-state index in [0.717, 1.165) is 0 Å². The van der Waals surface area contributed by atoms with Crippen LogP contribution in [0.3, 0.4) is 0 Å². The minimum atomic E-state index is -0.600. The summed E-state index contributed by atoms with van der Waals surface area (Å²) in [6.07, 6.45) is 0. The van der Waals surface area contributed by atoms with E-state index in [4.69, 9.17) is 9.47 Å². The SMILES string of the molecule is CCOC(=O)c1ccccc1N(CC(=O)Nc1ccccc1C(=O)OC)C(C)=O. The van der Waals surface area contributed by atoms with Gasteiger partial charge in [-0.1, -0.05) is 24.3 Å². The first kappa shape index (κ1) is 21.6. The summed E-state index contributed by atoms with van der Waals surface area (Å²) in [5.41, 5.74) is 0.873. The summed E-state index contributed by atoms with van der Waals surface area (Å²) < 4.78 is 9.73. The molecule has 0 atom stereocenters.